The van der Waals surface area contributed by atoms with Crippen LogP contribution in [0, 0.1) is 0 Å². The van der Waals surface area contributed by atoms with Crippen LogP contribution in [0.25, 0.3) is 0 Å². The lowest BCUT2D eigenvalue weighted by molar-refractivity contribution is 0.513. The highest BCUT2D eigenvalue weighted by Gasteiger charge is 2.14. The Morgan fingerprint density at radius 1 is 1.33 bits per heavy atom. The molecule has 0 atom stereocenters. The van der Waals surface area contributed by atoms with E-state index in [2.05, 4.69) is 9.54 Å². The van der Waals surface area contributed by atoms with Crippen LogP contribution < -0.4 is 10.9 Å². The van der Waals surface area contributed by atoms with E-state index in [0.29, 0.717) is 0 Å². The van der Waals surface area contributed by atoms with E-state index < -0.39 is 10.2 Å². The summed E-state index contributed by atoms with van der Waals surface area (Å²) in [7, 11) is -3.84. The summed E-state index contributed by atoms with van der Waals surface area (Å²) < 4.78 is 24.1. The van der Waals surface area contributed by atoms with Crippen LogP contribution in [-0.4, -0.2) is 32.4 Å². The van der Waals surface area contributed by atoms with Gasteiger partial charge in [-0.25, -0.2) is 5.14 Å². The minimum atomic E-state index is -3.84. The maximum Gasteiger partial charge on any atom is 0.320 e. The van der Waals surface area contributed by atoms with Crippen molar-refractivity contribution in [2.45, 2.75) is 12.8 Å². The zero-order valence-electron chi connectivity index (χ0n) is 6.60. The fourth-order valence-electron chi connectivity index (χ4n) is 1.13. The molecule has 0 aromatic carbocycles. The van der Waals surface area contributed by atoms with E-state index in [-0.39, 0.29) is 5.96 Å². The van der Waals surface area contributed by atoms with E-state index in [1.807, 2.05) is 0 Å². The van der Waals surface area contributed by atoms with Crippen LogP contribution in [0.15, 0.2) is 4.40 Å². The highest BCUT2D eigenvalue weighted by Crippen LogP contribution is 2.06. The molecule has 0 saturated carbocycles. The largest absolute Gasteiger partial charge is 0.369 e. The minimum Gasteiger partial charge on any atom is -0.369 e. The van der Waals surface area contributed by atoms with Gasteiger partial charge < -0.3 is 10.6 Å². The zero-order valence-corrected chi connectivity index (χ0v) is 7.42. The van der Waals surface area contributed by atoms with Gasteiger partial charge in [-0.05, 0) is 12.8 Å². The zero-order chi connectivity index (χ0) is 9.19. The van der Waals surface area contributed by atoms with Crippen molar-refractivity contribution in [2.24, 2.45) is 15.3 Å². The van der Waals surface area contributed by atoms with Crippen LogP contribution in [0.3, 0.4) is 0 Å². The number of guanidine groups is 1. The van der Waals surface area contributed by atoms with Crippen LogP contribution in [0.2, 0.25) is 0 Å². The highest BCUT2D eigenvalue weighted by molar-refractivity contribution is 7.88. The molecule has 1 rings (SSSR count). The number of hydrogen-bond acceptors (Lipinski definition) is 2. The third-order valence-corrected chi connectivity index (χ3v) is 2.09. The Labute approximate surface area is 71.4 Å². The topological polar surface area (TPSA) is 102 Å². The summed E-state index contributed by atoms with van der Waals surface area (Å²) in [6.45, 7) is 1.51. The molecule has 12 heavy (non-hydrogen) atoms. The molecule has 0 aromatic heterocycles. The Kier molecular flexibility index (Phi) is 2.53. The molecule has 0 radical (unpaired) electrons. The molecular weight excluding hydrogens is 180 g/mol. The number of nitrogens with two attached hydrogens (primary N) is 2. The van der Waals surface area contributed by atoms with Crippen molar-refractivity contribution in [1.82, 2.24) is 4.90 Å². The summed E-state index contributed by atoms with van der Waals surface area (Å²) in [5.41, 5.74) is 5.38. The Morgan fingerprint density at radius 3 is 2.25 bits per heavy atom. The average molecular weight is 192 g/mol. The number of rotatable bonds is 1. The lowest BCUT2D eigenvalue weighted by Crippen LogP contribution is -2.36. The molecule has 1 fully saturated rings. The molecule has 70 valence electrons. The Bertz CT molecular complexity index is 278. The molecule has 1 saturated heterocycles. The molecule has 0 amide bonds. The first-order valence-electron chi connectivity index (χ1n) is 3.62. The van der Waals surface area contributed by atoms with Gasteiger partial charge in [0, 0.05) is 13.1 Å². The van der Waals surface area contributed by atoms with Gasteiger partial charge in [0.05, 0.1) is 0 Å². The van der Waals surface area contributed by atoms with E-state index in [0.717, 1.165) is 25.9 Å². The summed E-state index contributed by atoms with van der Waals surface area (Å²) in [6.07, 6.45) is 2.03. The second-order valence-corrected chi connectivity index (χ2v) is 3.87. The number of hydrogen-bond donors (Lipinski definition) is 2. The molecule has 0 spiro atoms. The molecule has 1 aliphatic heterocycles. The molecular formula is C5H12N4O2S. The Balaban J connectivity index is 2.69. The summed E-state index contributed by atoms with van der Waals surface area (Å²) in [5.74, 6) is -0.00463. The van der Waals surface area contributed by atoms with Gasteiger partial charge in [0.15, 0.2) is 0 Å². The smallest absolute Gasteiger partial charge is 0.320 e. The second kappa shape index (κ2) is 3.28. The standard InChI is InChI=1S/C5H12N4O2S/c6-5(8-12(7,10)11)9-3-1-2-4-9/h1-4H2,(H2,6,8)(H2,7,10,11). The maximum absolute atomic E-state index is 10.5. The lowest BCUT2D eigenvalue weighted by atomic mass is 10.4. The van der Waals surface area contributed by atoms with Crippen LogP contribution in [0.5, 0.6) is 0 Å². The van der Waals surface area contributed by atoms with Gasteiger partial charge in [0.2, 0.25) is 5.96 Å². The third-order valence-electron chi connectivity index (χ3n) is 1.65. The quantitative estimate of drug-likeness (QED) is 0.394. The fraction of sp³-hybridized carbons (Fsp3) is 0.800. The molecule has 0 aromatic rings. The van der Waals surface area contributed by atoms with Gasteiger partial charge in [-0.3, -0.25) is 0 Å². The van der Waals surface area contributed by atoms with Crippen LogP contribution in [0.4, 0.5) is 0 Å². The van der Waals surface area contributed by atoms with Crippen molar-refractivity contribution in [3.05, 3.63) is 0 Å². The number of nitrogens with zero attached hydrogens (tertiary/aromatic N) is 2. The van der Waals surface area contributed by atoms with E-state index in [4.69, 9.17) is 5.73 Å². The van der Waals surface area contributed by atoms with Gasteiger partial charge in [-0.1, -0.05) is 0 Å². The Morgan fingerprint density at radius 2 is 1.83 bits per heavy atom. The average Bonchev–Trinajstić information content (AvgIpc) is 2.32. The SMILES string of the molecule is NC(=NS(N)(=O)=O)N1CCCC1. The molecule has 0 aliphatic carbocycles. The minimum absolute atomic E-state index is 0.00463. The van der Waals surface area contributed by atoms with Gasteiger partial charge in [-0.2, -0.15) is 8.42 Å². The predicted octanol–water partition coefficient (Wildman–Crippen LogP) is -1.40. The van der Waals surface area contributed by atoms with Crippen LogP contribution in [0.1, 0.15) is 12.8 Å². The molecule has 0 bridgehead atoms. The van der Waals surface area contributed by atoms with Gasteiger partial charge >= 0.3 is 10.2 Å². The first-order valence-corrected chi connectivity index (χ1v) is 5.12. The summed E-state index contributed by atoms with van der Waals surface area (Å²) in [4.78, 5) is 1.70. The summed E-state index contributed by atoms with van der Waals surface area (Å²) in [6, 6.07) is 0. The molecule has 6 nitrogen and oxygen atoms in total. The van der Waals surface area contributed by atoms with E-state index >= 15 is 0 Å². The predicted molar refractivity (Wildman–Crippen MR) is 45.5 cm³/mol. The lowest BCUT2D eigenvalue weighted by Gasteiger charge is -2.14. The second-order valence-electron chi connectivity index (χ2n) is 2.66. The first-order chi connectivity index (χ1) is 5.49. The first kappa shape index (κ1) is 9.27. The highest BCUT2D eigenvalue weighted by atomic mass is 32.2. The monoisotopic (exact) mass is 192 g/mol. The van der Waals surface area contributed by atoms with E-state index in [9.17, 15) is 8.42 Å². The van der Waals surface area contributed by atoms with Gasteiger partial charge in [0.1, 0.15) is 0 Å². The normalized spacial score (nSPS) is 20.1. The van der Waals surface area contributed by atoms with Crippen molar-refractivity contribution in [3.8, 4) is 0 Å². The van der Waals surface area contributed by atoms with Crippen LogP contribution in [-0.2, 0) is 10.2 Å². The molecule has 1 heterocycles. The van der Waals surface area contributed by atoms with Crippen molar-refractivity contribution in [3.63, 3.8) is 0 Å². The number of likely N-dealkylation sites (tertiary alicyclic amines) is 1. The van der Waals surface area contributed by atoms with Crippen molar-refractivity contribution in [2.75, 3.05) is 13.1 Å². The summed E-state index contributed by atoms with van der Waals surface area (Å²) in [5, 5.41) is 4.68. The van der Waals surface area contributed by atoms with E-state index in [1.165, 1.54) is 0 Å². The van der Waals surface area contributed by atoms with Crippen molar-refractivity contribution >= 4 is 16.2 Å². The van der Waals surface area contributed by atoms with Crippen LogP contribution >= 0.6 is 0 Å². The van der Waals surface area contributed by atoms with Gasteiger partial charge in [0.25, 0.3) is 0 Å². The molecule has 1 aliphatic rings. The Hall–Kier alpha value is -0.820. The molecule has 0 unspecified atom stereocenters. The van der Waals surface area contributed by atoms with Gasteiger partial charge in [-0.15, -0.1) is 4.40 Å². The molecule has 4 N–H and O–H groups in total. The summed E-state index contributed by atoms with van der Waals surface area (Å²) >= 11 is 0. The van der Waals surface area contributed by atoms with Crippen molar-refractivity contribution < 1.29 is 8.42 Å². The maximum atomic E-state index is 10.5. The third kappa shape index (κ3) is 2.67. The fourth-order valence-corrected chi connectivity index (χ4v) is 1.51. The molecule has 7 heteroatoms. The van der Waals surface area contributed by atoms with E-state index in [1.54, 1.807) is 4.90 Å². The van der Waals surface area contributed by atoms with Crippen molar-refractivity contribution in [1.29, 1.82) is 0 Å².